The first-order valence-electron chi connectivity index (χ1n) is 8.32. The summed E-state index contributed by atoms with van der Waals surface area (Å²) in [4.78, 5) is 7.14. The highest BCUT2D eigenvalue weighted by Gasteiger charge is 2.17. The molecule has 1 aromatic rings. The molecule has 0 aromatic carbocycles. The third-order valence-electron chi connectivity index (χ3n) is 4.30. The quantitative estimate of drug-likeness (QED) is 0.465. The molecule has 22 heavy (non-hydrogen) atoms. The van der Waals surface area contributed by atoms with Crippen LogP contribution in [0.3, 0.4) is 0 Å². The molecule has 1 fully saturated rings. The summed E-state index contributed by atoms with van der Waals surface area (Å²) < 4.78 is 2.28. The fourth-order valence-corrected chi connectivity index (χ4v) is 3.16. The van der Waals surface area contributed by atoms with Crippen LogP contribution < -0.4 is 5.32 Å². The van der Waals surface area contributed by atoms with E-state index in [2.05, 4.69) is 31.9 Å². The van der Waals surface area contributed by atoms with Gasteiger partial charge in [0.25, 0.3) is 0 Å². The number of hydrogen-bond donors (Lipinski definition) is 1. The highest BCUT2D eigenvalue weighted by molar-refractivity contribution is 14.0. The fourth-order valence-electron chi connectivity index (χ4n) is 3.16. The van der Waals surface area contributed by atoms with Crippen LogP contribution in [0.1, 0.15) is 50.7 Å². The molecule has 0 saturated carbocycles. The zero-order valence-electron chi connectivity index (χ0n) is 13.4. The number of aromatic nitrogens is 3. The van der Waals surface area contributed by atoms with E-state index in [0.717, 1.165) is 50.2 Å². The van der Waals surface area contributed by atoms with Crippen molar-refractivity contribution in [2.24, 2.45) is 4.99 Å². The lowest BCUT2D eigenvalue weighted by atomic mass is 10.2. The second-order valence-electron chi connectivity index (χ2n) is 5.86. The van der Waals surface area contributed by atoms with Crippen LogP contribution in [0.15, 0.2) is 4.99 Å². The average Bonchev–Trinajstić information content (AvgIpc) is 3.09. The largest absolute Gasteiger partial charge is 0.357 e. The Balaban J connectivity index is 0.00000176. The van der Waals surface area contributed by atoms with E-state index in [1.165, 1.54) is 32.1 Å². The molecule has 1 saturated heterocycles. The summed E-state index contributed by atoms with van der Waals surface area (Å²) in [5.74, 6) is 3.19. The Labute approximate surface area is 149 Å². The first-order chi connectivity index (χ1) is 10.4. The molecule has 1 aromatic heterocycles. The number of fused-ring (bicyclic) bond motifs is 1. The molecule has 6 nitrogen and oxygen atoms in total. The number of rotatable bonds is 3. The Hall–Kier alpha value is -0.860. The van der Waals surface area contributed by atoms with Gasteiger partial charge in [-0.2, -0.15) is 0 Å². The van der Waals surface area contributed by atoms with Crippen molar-refractivity contribution in [3.63, 3.8) is 0 Å². The molecule has 0 amide bonds. The third-order valence-corrected chi connectivity index (χ3v) is 4.30. The molecule has 0 atom stereocenters. The van der Waals surface area contributed by atoms with Crippen LogP contribution in [0.5, 0.6) is 0 Å². The highest BCUT2D eigenvalue weighted by atomic mass is 127. The Kier molecular flexibility index (Phi) is 6.91. The first kappa shape index (κ1) is 17.5. The molecule has 3 rings (SSSR count). The van der Waals surface area contributed by atoms with Gasteiger partial charge in [-0.15, -0.1) is 34.2 Å². The van der Waals surface area contributed by atoms with E-state index in [0.29, 0.717) is 6.54 Å². The van der Waals surface area contributed by atoms with E-state index >= 15 is 0 Å². The Morgan fingerprint density at radius 1 is 1.09 bits per heavy atom. The number of halogens is 1. The monoisotopic (exact) mass is 418 g/mol. The summed E-state index contributed by atoms with van der Waals surface area (Å²) in [7, 11) is 0. The SMILES string of the molecule is CCNC(=NCc1nnc2n1CCCCC2)N1CCCC1.I. The summed E-state index contributed by atoms with van der Waals surface area (Å²) in [5, 5.41) is 12.1. The van der Waals surface area contributed by atoms with Gasteiger partial charge in [0.15, 0.2) is 11.8 Å². The maximum absolute atomic E-state index is 4.78. The van der Waals surface area contributed by atoms with Gasteiger partial charge in [0.2, 0.25) is 0 Å². The van der Waals surface area contributed by atoms with Crippen molar-refractivity contribution in [2.75, 3.05) is 19.6 Å². The average molecular weight is 418 g/mol. The molecule has 2 aliphatic rings. The number of guanidine groups is 1. The molecule has 0 aliphatic carbocycles. The second-order valence-corrected chi connectivity index (χ2v) is 5.86. The molecular weight excluding hydrogens is 391 g/mol. The van der Waals surface area contributed by atoms with E-state index in [9.17, 15) is 0 Å². The lowest BCUT2D eigenvalue weighted by Crippen LogP contribution is -2.39. The molecule has 7 heteroatoms. The zero-order valence-corrected chi connectivity index (χ0v) is 15.8. The number of likely N-dealkylation sites (tertiary alicyclic amines) is 1. The first-order valence-corrected chi connectivity index (χ1v) is 8.32. The minimum absolute atomic E-state index is 0. The Morgan fingerprint density at radius 2 is 1.86 bits per heavy atom. The molecule has 2 aliphatic heterocycles. The van der Waals surface area contributed by atoms with E-state index in [1.54, 1.807) is 0 Å². The normalized spacial score (nSPS) is 18.6. The smallest absolute Gasteiger partial charge is 0.194 e. The van der Waals surface area contributed by atoms with Crippen molar-refractivity contribution in [1.82, 2.24) is 25.0 Å². The van der Waals surface area contributed by atoms with Crippen LogP contribution in [-0.2, 0) is 19.5 Å². The maximum atomic E-state index is 4.78. The second kappa shape index (κ2) is 8.69. The van der Waals surface area contributed by atoms with Gasteiger partial charge in [-0.05, 0) is 32.6 Å². The predicted octanol–water partition coefficient (Wildman–Crippen LogP) is 2.18. The van der Waals surface area contributed by atoms with Gasteiger partial charge in [-0.3, -0.25) is 0 Å². The number of nitrogens with zero attached hydrogens (tertiary/aromatic N) is 5. The zero-order chi connectivity index (χ0) is 14.5. The molecule has 124 valence electrons. The van der Waals surface area contributed by atoms with Crippen LogP contribution in [0.25, 0.3) is 0 Å². The van der Waals surface area contributed by atoms with Gasteiger partial charge in [0.05, 0.1) is 0 Å². The Morgan fingerprint density at radius 3 is 2.64 bits per heavy atom. The number of aliphatic imine (C=N–C) groups is 1. The topological polar surface area (TPSA) is 58.3 Å². The lowest BCUT2D eigenvalue weighted by Gasteiger charge is -2.20. The summed E-state index contributed by atoms with van der Waals surface area (Å²) in [5.41, 5.74) is 0. The van der Waals surface area contributed by atoms with Crippen LogP contribution >= 0.6 is 24.0 Å². The molecule has 0 radical (unpaired) electrons. The number of hydrogen-bond acceptors (Lipinski definition) is 3. The van der Waals surface area contributed by atoms with E-state index in [1.807, 2.05) is 0 Å². The Bertz CT molecular complexity index is 492. The van der Waals surface area contributed by atoms with Gasteiger partial charge < -0.3 is 14.8 Å². The molecule has 0 unspecified atom stereocenters. The lowest BCUT2D eigenvalue weighted by molar-refractivity contribution is 0.492. The van der Waals surface area contributed by atoms with Gasteiger partial charge in [0.1, 0.15) is 12.4 Å². The standard InChI is InChI=1S/C15H26N6.HI/c1-2-16-15(20-9-6-7-10-20)17-12-14-19-18-13-8-4-3-5-11-21(13)14;/h2-12H2,1H3,(H,16,17);1H. The van der Waals surface area contributed by atoms with Gasteiger partial charge in [-0.1, -0.05) is 6.42 Å². The molecule has 3 heterocycles. The van der Waals surface area contributed by atoms with Gasteiger partial charge >= 0.3 is 0 Å². The number of nitrogens with one attached hydrogen (secondary N) is 1. The molecule has 0 bridgehead atoms. The minimum Gasteiger partial charge on any atom is -0.357 e. The predicted molar refractivity (Wildman–Crippen MR) is 98.6 cm³/mol. The molecular formula is C15H27IN6. The molecule has 1 N–H and O–H groups in total. The van der Waals surface area contributed by atoms with E-state index in [-0.39, 0.29) is 24.0 Å². The van der Waals surface area contributed by atoms with Crippen LogP contribution in [0, 0.1) is 0 Å². The summed E-state index contributed by atoms with van der Waals surface area (Å²) in [6, 6.07) is 0. The summed E-state index contributed by atoms with van der Waals surface area (Å²) in [6.45, 7) is 6.94. The minimum atomic E-state index is 0. The van der Waals surface area contributed by atoms with Crippen LogP contribution in [0.2, 0.25) is 0 Å². The fraction of sp³-hybridized carbons (Fsp3) is 0.800. The van der Waals surface area contributed by atoms with Crippen molar-refractivity contribution < 1.29 is 0 Å². The van der Waals surface area contributed by atoms with E-state index < -0.39 is 0 Å². The van der Waals surface area contributed by atoms with E-state index in [4.69, 9.17) is 4.99 Å². The highest BCUT2D eigenvalue weighted by Crippen LogP contribution is 2.15. The maximum Gasteiger partial charge on any atom is 0.194 e. The summed E-state index contributed by atoms with van der Waals surface area (Å²) >= 11 is 0. The van der Waals surface area contributed by atoms with Crippen LogP contribution in [-0.4, -0.2) is 45.3 Å². The van der Waals surface area contributed by atoms with Crippen molar-refractivity contribution in [2.45, 2.75) is 58.5 Å². The summed E-state index contributed by atoms with van der Waals surface area (Å²) in [6.07, 6.45) is 7.35. The van der Waals surface area contributed by atoms with Gasteiger partial charge in [0, 0.05) is 32.6 Å². The van der Waals surface area contributed by atoms with Crippen molar-refractivity contribution >= 4 is 29.9 Å². The van der Waals surface area contributed by atoms with Crippen molar-refractivity contribution in [1.29, 1.82) is 0 Å². The van der Waals surface area contributed by atoms with Crippen molar-refractivity contribution in [3.8, 4) is 0 Å². The van der Waals surface area contributed by atoms with Crippen LogP contribution in [0.4, 0.5) is 0 Å². The van der Waals surface area contributed by atoms with Gasteiger partial charge in [-0.25, -0.2) is 4.99 Å². The number of aryl methyl sites for hydroxylation is 1. The third kappa shape index (κ3) is 4.11. The van der Waals surface area contributed by atoms with Crippen molar-refractivity contribution in [3.05, 3.63) is 11.6 Å². The molecule has 0 spiro atoms.